The Morgan fingerprint density at radius 3 is 1.38 bits per heavy atom. The van der Waals surface area contributed by atoms with Gasteiger partial charge in [0.05, 0.1) is 47.1 Å². The molecule has 0 radical (unpaired) electrons. The molecule has 2 atom stereocenters. The highest BCUT2D eigenvalue weighted by Gasteiger charge is 2.24. The zero-order chi connectivity index (χ0) is 47.9. The molecule has 0 aliphatic carbocycles. The molecule has 3 aromatic carbocycles. The first-order valence-electron chi connectivity index (χ1n) is 22.1. The predicted octanol–water partition coefficient (Wildman–Crippen LogP) is 11.3. The monoisotopic (exact) mass is 894 g/mol. The molecule has 66 heavy (non-hydrogen) atoms. The van der Waals surface area contributed by atoms with E-state index in [4.69, 9.17) is 9.47 Å². The molecule has 0 saturated heterocycles. The molecule has 0 aliphatic heterocycles. The van der Waals surface area contributed by atoms with Gasteiger partial charge in [-0.05, 0) is 93.1 Å². The second-order valence-corrected chi connectivity index (χ2v) is 15.9. The number of aromatic hydroxyl groups is 2. The van der Waals surface area contributed by atoms with Crippen molar-refractivity contribution >= 4 is 34.7 Å². The summed E-state index contributed by atoms with van der Waals surface area (Å²) in [5, 5.41) is 60.3. The molecule has 2 heterocycles. The second-order valence-electron chi connectivity index (χ2n) is 15.9. The van der Waals surface area contributed by atoms with E-state index in [0.29, 0.717) is 0 Å². The Hall–Kier alpha value is -7.72. The van der Waals surface area contributed by atoms with E-state index in [9.17, 15) is 39.9 Å². The minimum Gasteiger partial charge on any atom is -0.493 e. The maximum absolute atomic E-state index is 13.8. The van der Waals surface area contributed by atoms with Crippen LogP contribution < -0.4 is 11.1 Å². The summed E-state index contributed by atoms with van der Waals surface area (Å²) in [4.78, 5) is 53.5. The van der Waals surface area contributed by atoms with E-state index in [1.165, 1.54) is 50.2 Å². The van der Waals surface area contributed by atoms with Crippen LogP contribution in [-0.4, -0.2) is 44.5 Å². The van der Waals surface area contributed by atoms with Gasteiger partial charge in [-0.3, -0.25) is 9.59 Å². The number of pyridine rings is 2. The largest absolute Gasteiger partial charge is 0.493 e. The van der Waals surface area contributed by atoms with Gasteiger partial charge in [-0.1, -0.05) is 84.4 Å². The molecule has 5 rings (SSSR count). The summed E-state index contributed by atoms with van der Waals surface area (Å²) < 4.78 is 12.8. The van der Waals surface area contributed by atoms with Crippen molar-refractivity contribution in [2.24, 2.45) is 32.3 Å². The fourth-order valence-electron chi connectivity index (χ4n) is 7.23. The lowest BCUT2D eigenvalue weighted by Crippen LogP contribution is -2.24. The van der Waals surface area contributed by atoms with E-state index in [1.54, 1.807) is 36.4 Å². The van der Waals surface area contributed by atoms with Gasteiger partial charge in [0.25, 0.3) is 11.1 Å². The van der Waals surface area contributed by atoms with E-state index in [0.717, 1.165) is 60.5 Å². The van der Waals surface area contributed by atoms with Gasteiger partial charge >= 0.3 is 11.9 Å². The maximum atomic E-state index is 13.8. The van der Waals surface area contributed by atoms with E-state index in [1.807, 2.05) is 12.1 Å². The number of unbranched alkanes of at least 4 members (excludes halogenated alkanes) is 2. The number of carbonyl (C=O) groups excluding carboxylic acids is 2. The predicted molar refractivity (Wildman–Crippen MR) is 248 cm³/mol. The average molecular weight is 895 g/mol. The topological polar surface area (TPSA) is 234 Å². The Labute approximate surface area is 383 Å². The molecule has 16 heteroatoms. The van der Waals surface area contributed by atoms with E-state index < -0.39 is 34.8 Å². The van der Waals surface area contributed by atoms with E-state index in [-0.39, 0.29) is 92.6 Å². The maximum Gasteiger partial charge on any atom is 0.338 e. The third-order valence-electron chi connectivity index (χ3n) is 11.4. The van der Waals surface area contributed by atoms with Crippen LogP contribution in [0.1, 0.15) is 122 Å². The van der Waals surface area contributed by atoms with Gasteiger partial charge in [0.2, 0.25) is 11.8 Å². The first kappa shape index (κ1) is 49.3. The lowest BCUT2D eigenvalue weighted by atomic mass is 10.0. The molecule has 0 spiro atoms. The summed E-state index contributed by atoms with van der Waals surface area (Å²) in [5.41, 5.74) is -2.15. The Kier molecular flexibility index (Phi) is 17.4. The lowest BCUT2D eigenvalue weighted by Gasteiger charge is -2.16. The number of ether oxygens (including phenoxy) is 2. The molecule has 0 fully saturated rings. The molecule has 0 aliphatic rings. The molecule has 0 saturated carbocycles. The van der Waals surface area contributed by atoms with Crippen LogP contribution in [0.15, 0.2) is 103 Å². The minimum absolute atomic E-state index is 0.0282. The van der Waals surface area contributed by atoms with Gasteiger partial charge in [0, 0.05) is 11.1 Å². The SMILES string of the molecule is CCCCC(CC)COC(=O)c1cccc(/N=N/c2c(C)c(C#N)c(=O)n(-c3cccc(-n4c(O)c(/N=N/c5cccc(C(=O)OCC(CC)CCCC)c5)c(C)c(C#N)c4=O)c3)c2O)c1. The Balaban J connectivity index is 1.49. The fraction of sp³-hybridized carbons (Fsp3) is 0.360. The van der Waals surface area contributed by atoms with Gasteiger partial charge in [-0.15, -0.1) is 10.2 Å². The number of aromatic nitrogens is 2. The van der Waals surface area contributed by atoms with Gasteiger partial charge < -0.3 is 19.7 Å². The summed E-state index contributed by atoms with van der Waals surface area (Å²) in [5.74, 6) is -1.97. The van der Waals surface area contributed by atoms with Crippen molar-refractivity contribution < 1.29 is 29.3 Å². The van der Waals surface area contributed by atoms with Crippen molar-refractivity contribution in [3.63, 3.8) is 0 Å². The normalized spacial score (nSPS) is 12.2. The molecule has 2 N–H and O–H groups in total. The number of hydrogen-bond donors (Lipinski definition) is 2. The van der Waals surface area contributed by atoms with Crippen molar-refractivity contribution in [2.75, 3.05) is 13.2 Å². The van der Waals surface area contributed by atoms with Crippen LogP contribution >= 0.6 is 0 Å². The summed E-state index contributed by atoms with van der Waals surface area (Å²) >= 11 is 0. The van der Waals surface area contributed by atoms with Crippen molar-refractivity contribution in [3.8, 4) is 35.3 Å². The van der Waals surface area contributed by atoms with Crippen LogP contribution in [0.3, 0.4) is 0 Å². The fourth-order valence-corrected chi connectivity index (χ4v) is 7.23. The number of nitriles is 2. The molecular formula is C50H54N8O8. The summed E-state index contributed by atoms with van der Waals surface area (Å²) in [7, 11) is 0. The first-order chi connectivity index (χ1) is 31.8. The van der Waals surface area contributed by atoms with Crippen LogP contribution in [0.25, 0.3) is 11.4 Å². The number of benzene rings is 3. The van der Waals surface area contributed by atoms with Crippen molar-refractivity contribution in [2.45, 2.75) is 92.9 Å². The third kappa shape index (κ3) is 11.5. The van der Waals surface area contributed by atoms with Gasteiger partial charge in [0.1, 0.15) is 23.3 Å². The zero-order valence-corrected chi connectivity index (χ0v) is 38.1. The Bertz CT molecular complexity index is 2660. The standard InChI is InChI=1S/C50H54N8O8/c1-7-11-16-33(9-3)29-65-49(63)35-18-13-20-37(24-35)53-55-43-31(5)41(27-51)45(59)57(47(43)61)39-22-15-23-40(26-39)58-46(60)42(28-52)32(6)44(48(58)62)56-54-38-21-14-19-36(25-38)50(64)66-30-34(10-4)17-12-8-2/h13-15,18-26,33-34,61-62H,7-12,16-17,29-30H2,1-6H3/b55-53+,56-54+. The van der Waals surface area contributed by atoms with Crippen LogP contribution in [0.2, 0.25) is 0 Å². The van der Waals surface area contributed by atoms with Crippen LogP contribution in [0.4, 0.5) is 22.7 Å². The molecule has 0 bridgehead atoms. The molecule has 342 valence electrons. The Morgan fingerprint density at radius 1 is 0.621 bits per heavy atom. The highest BCUT2D eigenvalue weighted by atomic mass is 16.5. The second kappa shape index (κ2) is 23.3. The van der Waals surface area contributed by atoms with E-state index >= 15 is 0 Å². The smallest absolute Gasteiger partial charge is 0.338 e. The summed E-state index contributed by atoms with van der Waals surface area (Å²) in [6, 6.07) is 21.7. The highest BCUT2D eigenvalue weighted by molar-refractivity contribution is 5.91. The van der Waals surface area contributed by atoms with Crippen molar-refractivity contribution in [3.05, 3.63) is 127 Å². The lowest BCUT2D eigenvalue weighted by molar-refractivity contribution is 0.0419. The summed E-state index contributed by atoms with van der Waals surface area (Å²) in [6.45, 7) is 11.7. The first-order valence-corrected chi connectivity index (χ1v) is 22.1. The number of hydrogen-bond acceptors (Lipinski definition) is 14. The Morgan fingerprint density at radius 2 is 1.02 bits per heavy atom. The minimum atomic E-state index is -0.918. The molecule has 0 amide bonds. The number of rotatable bonds is 20. The number of azo groups is 2. The van der Waals surface area contributed by atoms with Gasteiger partial charge in [-0.25, -0.2) is 18.7 Å². The zero-order valence-electron chi connectivity index (χ0n) is 38.1. The van der Waals surface area contributed by atoms with Crippen molar-refractivity contribution in [1.29, 1.82) is 10.5 Å². The number of carbonyl (C=O) groups is 2. The van der Waals surface area contributed by atoms with Crippen molar-refractivity contribution in [1.82, 2.24) is 9.13 Å². The summed E-state index contributed by atoms with van der Waals surface area (Å²) in [6.07, 6.45) is 7.83. The number of nitrogens with zero attached hydrogens (tertiary/aromatic N) is 8. The van der Waals surface area contributed by atoms with E-state index in [2.05, 4.69) is 48.2 Å². The quantitative estimate of drug-likeness (QED) is 0.0554. The highest BCUT2D eigenvalue weighted by Crippen LogP contribution is 2.37. The third-order valence-corrected chi connectivity index (χ3v) is 11.4. The van der Waals surface area contributed by atoms with Crippen LogP contribution in [0, 0.1) is 48.3 Å². The molecule has 5 aromatic rings. The molecule has 2 aromatic heterocycles. The average Bonchev–Trinajstić information content (AvgIpc) is 3.32. The molecule has 16 nitrogen and oxygen atoms in total. The van der Waals surface area contributed by atoms with Gasteiger partial charge in [0.15, 0.2) is 11.4 Å². The molecule has 2 unspecified atom stereocenters. The molecular weight excluding hydrogens is 841 g/mol. The van der Waals surface area contributed by atoms with Crippen LogP contribution in [-0.2, 0) is 9.47 Å². The van der Waals surface area contributed by atoms with Crippen LogP contribution in [0.5, 0.6) is 11.8 Å². The van der Waals surface area contributed by atoms with Gasteiger partial charge in [-0.2, -0.15) is 20.8 Å². The number of esters is 2.